The number of rotatable bonds is 6. The van der Waals surface area contributed by atoms with E-state index in [4.69, 9.17) is 4.74 Å². The molecular weight excluding hydrogens is 180 g/mol. The van der Waals surface area contributed by atoms with Gasteiger partial charge in [0.1, 0.15) is 11.7 Å². The van der Waals surface area contributed by atoms with Gasteiger partial charge in [0.2, 0.25) is 0 Å². The molecule has 0 spiro atoms. The van der Waals surface area contributed by atoms with Crippen molar-refractivity contribution in [1.82, 2.24) is 0 Å². The van der Waals surface area contributed by atoms with Crippen molar-refractivity contribution in [1.29, 1.82) is 0 Å². The molecule has 0 fully saturated rings. The van der Waals surface area contributed by atoms with E-state index < -0.39 is 11.9 Å². The summed E-state index contributed by atoms with van der Waals surface area (Å²) in [4.78, 5) is 22.6. The highest BCUT2D eigenvalue weighted by Gasteiger charge is 2.21. The third kappa shape index (κ3) is 4.80. The lowest BCUT2D eigenvalue weighted by Gasteiger charge is -2.08. The van der Waals surface area contributed by atoms with E-state index >= 15 is 0 Å². The van der Waals surface area contributed by atoms with Crippen molar-refractivity contribution >= 4 is 11.8 Å². The van der Waals surface area contributed by atoms with Crippen LogP contribution in [-0.4, -0.2) is 18.4 Å². The molecule has 0 aliphatic heterocycles. The highest BCUT2D eigenvalue weighted by atomic mass is 16.5. The van der Waals surface area contributed by atoms with Gasteiger partial charge in [0.15, 0.2) is 0 Å². The SMILES string of the molecule is CC=CCCC(=O)C(C)C(=O)OCC. The van der Waals surface area contributed by atoms with Crippen LogP contribution in [0.15, 0.2) is 12.2 Å². The summed E-state index contributed by atoms with van der Waals surface area (Å²) in [6.45, 7) is 5.55. The van der Waals surface area contributed by atoms with Gasteiger partial charge in [-0.15, -0.1) is 0 Å². The molecule has 0 heterocycles. The quantitative estimate of drug-likeness (QED) is 0.373. The Bertz CT molecular complexity index is 219. The van der Waals surface area contributed by atoms with E-state index in [0.717, 1.165) is 0 Å². The Morgan fingerprint density at radius 1 is 1.43 bits per heavy atom. The fraction of sp³-hybridized carbons (Fsp3) is 0.636. The Hall–Kier alpha value is -1.12. The summed E-state index contributed by atoms with van der Waals surface area (Å²) in [6.07, 6.45) is 4.90. The van der Waals surface area contributed by atoms with Crippen molar-refractivity contribution in [3.63, 3.8) is 0 Å². The van der Waals surface area contributed by atoms with Crippen LogP contribution in [0.4, 0.5) is 0 Å². The van der Waals surface area contributed by atoms with Crippen molar-refractivity contribution in [2.24, 2.45) is 5.92 Å². The molecule has 0 aliphatic carbocycles. The van der Waals surface area contributed by atoms with Crippen LogP contribution in [0.3, 0.4) is 0 Å². The molecule has 0 rings (SSSR count). The second kappa shape index (κ2) is 7.30. The molecule has 0 aromatic heterocycles. The number of ketones is 1. The fourth-order valence-electron chi connectivity index (χ4n) is 1.01. The van der Waals surface area contributed by atoms with Crippen molar-refractivity contribution in [2.45, 2.75) is 33.6 Å². The summed E-state index contributed by atoms with van der Waals surface area (Å²) in [7, 11) is 0. The van der Waals surface area contributed by atoms with Gasteiger partial charge in [-0.05, 0) is 27.2 Å². The predicted octanol–water partition coefficient (Wildman–Crippen LogP) is 2.11. The fourth-order valence-corrected chi connectivity index (χ4v) is 1.01. The largest absolute Gasteiger partial charge is 0.465 e. The zero-order valence-electron chi connectivity index (χ0n) is 9.08. The molecule has 0 aromatic rings. The second-order valence-corrected chi connectivity index (χ2v) is 3.05. The number of esters is 1. The van der Waals surface area contributed by atoms with E-state index in [1.54, 1.807) is 13.8 Å². The first-order valence-corrected chi connectivity index (χ1v) is 4.94. The summed E-state index contributed by atoms with van der Waals surface area (Å²) >= 11 is 0. The molecule has 0 saturated carbocycles. The van der Waals surface area contributed by atoms with Crippen LogP contribution in [-0.2, 0) is 14.3 Å². The number of hydrogen-bond acceptors (Lipinski definition) is 3. The van der Waals surface area contributed by atoms with Gasteiger partial charge in [-0.2, -0.15) is 0 Å². The zero-order valence-corrected chi connectivity index (χ0v) is 9.08. The Labute approximate surface area is 85.1 Å². The number of ether oxygens (including phenoxy) is 1. The number of carbonyl (C=O) groups is 2. The van der Waals surface area contributed by atoms with E-state index in [1.165, 1.54) is 0 Å². The van der Waals surface area contributed by atoms with Crippen LogP contribution in [0.1, 0.15) is 33.6 Å². The first kappa shape index (κ1) is 12.9. The van der Waals surface area contributed by atoms with E-state index in [2.05, 4.69) is 0 Å². The van der Waals surface area contributed by atoms with Crippen molar-refractivity contribution < 1.29 is 14.3 Å². The highest BCUT2D eigenvalue weighted by Crippen LogP contribution is 2.06. The van der Waals surface area contributed by atoms with Crippen molar-refractivity contribution in [2.75, 3.05) is 6.61 Å². The first-order valence-electron chi connectivity index (χ1n) is 4.94. The molecule has 0 aromatic carbocycles. The molecule has 0 saturated heterocycles. The van der Waals surface area contributed by atoms with Crippen molar-refractivity contribution in [3.8, 4) is 0 Å². The molecule has 0 bridgehead atoms. The Kier molecular flexibility index (Phi) is 6.72. The summed E-state index contributed by atoms with van der Waals surface area (Å²) < 4.78 is 4.75. The van der Waals surface area contributed by atoms with Crippen LogP contribution in [0.5, 0.6) is 0 Å². The Morgan fingerprint density at radius 2 is 2.07 bits per heavy atom. The van der Waals surface area contributed by atoms with Crippen LogP contribution in [0, 0.1) is 5.92 Å². The standard InChI is InChI=1S/C11H18O3/c1-4-6-7-8-10(12)9(3)11(13)14-5-2/h4,6,9H,5,7-8H2,1-3H3. The number of carbonyl (C=O) groups excluding carboxylic acids is 2. The lowest BCUT2D eigenvalue weighted by Crippen LogP contribution is -2.23. The van der Waals surface area contributed by atoms with Gasteiger partial charge in [0.05, 0.1) is 6.61 Å². The maximum absolute atomic E-state index is 11.4. The van der Waals surface area contributed by atoms with Gasteiger partial charge < -0.3 is 4.74 Å². The topological polar surface area (TPSA) is 43.4 Å². The summed E-state index contributed by atoms with van der Waals surface area (Å²) in [5.74, 6) is -1.10. The van der Waals surface area contributed by atoms with E-state index in [-0.39, 0.29) is 5.78 Å². The summed E-state index contributed by atoms with van der Waals surface area (Å²) in [5.41, 5.74) is 0. The van der Waals surface area contributed by atoms with Gasteiger partial charge in [-0.25, -0.2) is 0 Å². The minimum atomic E-state index is -0.625. The second-order valence-electron chi connectivity index (χ2n) is 3.05. The molecular formula is C11H18O3. The Morgan fingerprint density at radius 3 is 2.57 bits per heavy atom. The van der Waals surface area contributed by atoms with Crippen LogP contribution >= 0.6 is 0 Å². The molecule has 1 atom stereocenters. The molecule has 1 unspecified atom stereocenters. The van der Waals surface area contributed by atoms with E-state index in [0.29, 0.717) is 19.4 Å². The average Bonchev–Trinajstić information content (AvgIpc) is 2.17. The van der Waals surface area contributed by atoms with Gasteiger partial charge in [0.25, 0.3) is 0 Å². The molecule has 0 aliphatic rings. The molecule has 14 heavy (non-hydrogen) atoms. The maximum Gasteiger partial charge on any atom is 0.316 e. The van der Waals surface area contributed by atoms with Crippen molar-refractivity contribution in [3.05, 3.63) is 12.2 Å². The summed E-state index contributed by atoms with van der Waals surface area (Å²) in [6, 6.07) is 0. The molecule has 80 valence electrons. The monoisotopic (exact) mass is 198 g/mol. The minimum Gasteiger partial charge on any atom is -0.465 e. The lowest BCUT2D eigenvalue weighted by molar-refractivity contribution is -0.150. The van der Waals surface area contributed by atoms with E-state index in [9.17, 15) is 9.59 Å². The summed E-state index contributed by atoms with van der Waals surface area (Å²) in [5, 5.41) is 0. The third-order valence-corrected chi connectivity index (χ3v) is 1.92. The molecule has 0 radical (unpaired) electrons. The van der Waals surface area contributed by atoms with Crippen LogP contribution in [0.25, 0.3) is 0 Å². The zero-order chi connectivity index (χ0) is 11.0. The third-order valence-electron chi connectivity index (χ3n) is 1.92. The average molecular weight is 198 g/mol. The van der Waals surface area contributed by atoms with Gasteiger partial charge in [-0.1, -0.05) is 12.2 Å². The smallest absolute Gasteiger partial charge is 0.316 e. The predicted molar refractivity (Wildman–Crippen MR) is 54.9 cm³/mol. The lowest BCUT2D eigenvalue weighted by atomic mass is 10.0. The number of allylic oxidation sites excluding steroid dienone is 2. The van der Waals surface area contributed by atoms with Crippen LogP contribution in [0.2, 0.25) is 0 Å². The highest BCUT2D eigenvalue weighted by molar-refractivity contribution is 5.98. The Balaban J connectivity index is 3.92. The minimum absolute atomic E-state index is 0.0541. The molecule has 0 N–H and O–H groups in total. The molecule has 3 heteroatoms. The molecule has 3 nitrogen and oxygen atoms in total. The molecule has 0 amide bonds. The normalized spacial score (nSPS) is 12.8. The maximum atomic E-state index is 11.4. The van der Waals surface area contributed by atoms with Crippen LogP contribution < -0.4 is 0 Å². The first-order chi connectivity index (χ1) is 6.63. The number of hydrogen-bond donors (Lipinski definition) is 0. The van der Waals surface area contributed by atoms with Gasteiger partial charge in [-0.3, -0.25) is 9.59 Å². The van der Waals surface area contributed by atoms with Gasteiger partial charge in [0, 0.05) is 6.42 Å². The number of Topliss-reactive ketones (excluding diaryl/α,β-unsaturated/α-hetero) is 1. The van der Waals surface area contributed by atoms with E-state index in [1.807, 2.05) is 19.1 Å². The van der Waals surface area contributed by atoms with Gasteiger partial charge >= 0.3 is 5.97 Å².